The van der Waals surface area contributed by atoms with Gasteiger partial charge in [0.1, 0.15) is 6.10 Å². The Bertz CT molecular complexity index is 278. The Kier molecular flexibility index (Phi) is 11.2. The first kappa shape index (κ1) is 20.9. The van der Waals surface area contributed by atoms with Crippen molar-refractivity contribution in [1.82, 2.24) is 0 Å². The lowest BCUT2D eigenvalue weighted by atomic mass is 10.0. The fraction of sp³-hybridized carbons (Fsp3) is 1.00. The van der Waals surface area contributed by atoms with Crippen molar-refractivity contribution < 1.29 is 14.6 Å². The monoisotopic (exact) mass is 328 g/mol. The van der Waals surface area contributed by atoms with Gasteiger partial charge in [0, 0.05) is 0 Å². The van der Waals surface area contributed by atoms with Gasteiger partial charge in [0.05, 0.1) is 12.7 Å². The molecule has 1 rings (SSSR count). The van der Waals surface area contributed by atoms with Gasteiger partial charge in [-0.1, -0.05) is 84.0 Å². The van der Waals surface area contributed by atoms with Crippen LogP contribution in [0.4, 0.5) is 0 Å². The van der Waals surface area contributed by atoms with E-state index >= 15 is 0 Å². The van der Waals surface area contributed by atoms with Gasteiger partial charge in [0.2, 0.25) is 0 Å². The minimum Gasteiger partial charge on any atom is -0.394 e. The highest BCUT2D eigenvalue weighted by atomic mass is 16.8. The van der Waals surface area contributed by atoms with Crippen LogP contribution in [0.5, 0.6) is 0 Å². The van der Waals surface area contributed by atoms with Gasteiger partial charge >= 0.3 is 0 Å². The van der Waals surface area contributed by atoms with Crippen molar-refractivity contribution in [2.24, 2.45) is 0 Å². The minimum absolute atomic E-state index is 0.0619. The Labute approximate surface area is 144 Å². The summed E-state index contributed by atoms with van der Waals surface area (Å²) in [6.45, 7) is 6.19. The summed E-state index contributed by atoms with van der Waals surface area (Å²) in [4.78, 5) is 0. The van der Waals surface area contributed by atoms with Crippen LogP contribution in [-0.4, -0.2) is 29.7 Å². The number of aliphatic hydroxyl groups excluding tert-OH is 1. The molecule has 0 radical (unpaired) electrons. The maximum absolute atomic E-state index is 9.35. The molecule has 3 heteroatoms. The molecular weight excluding hydrogens is 288 g/mol. The van der Waals surface area contributed by atoms with Gasteiger partial charge < -0.3 is 14.6 Å². The fourth-order valence-corrected chi connectivity index (χ4v) is 3.49. The number of ether oxygens (including phenoxy) is 2. The van der Waals surface area contributed by atoms with Gasteiger partial charge in [-0.3, -0.25) is 0 Å². The molecule has 0 spiro atoms. The van der Waals surface area contributed by atoms with Crippen molar-refractivity contribution in [1.29, 1.82) is 0 Å². The maximum atomic E-state index is 9.35. The summed E-state index contributed by atoms with van der Waals surface area (Å²) in [5, 5.41) is 9.35. The Morgan fingerprint density at radius 2 is 1.13 bits per heavy atom. The lowest BCUT2D eigenvalue weighted by Gasteiger charge is -2.16. The molecule has 1 aliphatic heterocycles. The van der Waals surface area contributed by atoms with E-state index < -0.39 is 5.79 Å². The first-order valence-electron chi connectivity index (χ1n) is 10.1. The van der Waals surface area contributed by atoms with Crippen molar-refractivity contribution >= 4 is 0 Å². The lowest BCUT2D eigenvalue weighted by molar-refractivity contribution is -0.149. The van der Waals surface area contributed by atoms with Gasteiger partial charge in [0.15, 0.2) is 5.79 Å². The van der Waals surface area contributed by atoms with Crippen LogP contribution in [0.15, 0.2) is 0 Å². The SMILES string of the molecule is CCCCCCCCCCCCCC[C@H]1OC(C)(C)O[C@H]1CO. The minimum atomic E-state index is -0.533. The molecule has 0 aromatic heterocycles. The zero-order valence-electron chi connectivity index (χ0n) is 15.8. The van der Waals surface area contributed by atoms with Gasteiger partial charge in [-0.2, -0.15) is 0 Å². The summed E-state index contributed by atoms with van der Waals surface area (Å²) >= 11 is 0. The zero-order valence-corrected chi connectivity index (χ0v) is 15.8. The third-order valence-corrected chi connectivity index (χ3v) is 4.81. The average molecular weight is 329 g/mol. The van der Waals surface area contributed by atoms with Crippen LogP contribution in [-0.2, 0) is 9.47 Å². The van der Waals surface area contributed by atoms with E-state index in [2.05, 4.69) is 6.92 Å². The Balaban J connectivity index is 1.88. The summed E-state index contributed by atoms with van der Waals surface area (Å²) in [6.07, 6.45) is 17.3. The normalized spacial score (nSPS) is 23.5. The Hall–Kier alpha value is -0.120. The number of aliphatic hydroxyl groups is 1. The van der Waals surface area contributed by atoms with Gasteiger partial charge in [0.25, 0.3) is 0 Å². The number of hydrogen-bond acceptors (Lipinski definition) is 3. The van der Waals surface area contributed by atoms with E-state index in [1.807, 2.05) is 13.8 Å². The topological polar surface area (TPSA) is 38.7 Å². The molecule has 23 heavy (non-hydrogen) atoms. The molecule has 1 aliphatic rings. The first-order chi connectivity index (χ1) is 11.1. The Morgan fingerprint density at radius 3 is 1.61 bits per heavy atom. The van der Waals surface area contributed by atoms with Crippen LogP contribution in [0, 0.1) is 0 Å². The van der Waals surface area contributed by atoms with Crippen LogP contribution in [0.3, 0.4) is 0 Å². The molecule has 1 N–H and O–H groups in total. The molecule has 0 aromatic carbocycles. The van der Waals surface area contributed by atoms with Gasteiger partial charge in [-0.25, -0.2) is 0 Å². The third kappa shape index (κ3) is 9.69. The molecule has 0 aromatic rings. The largest absolute Gasteiger partial charge is 0.394 e. The molecule has 138 valence electrons. The second kappa shape index (κ2) is 12.3. The summed E-state index contributed by atoms with van der Waals surface area (Å²) in [5.41, 5.74) is 0. The highest BCUT2D eigenvalue weighted by Crippen LogP contribution is 2.30. The van der Waals surface area contributed by atoms with E-state index in [1.54, 1.807) is 0 Å². The molecule has 3 nitrogen and oxygen atoms in total. The number of hydrogen-bond donors (Lipinski definition) is 1. The highest BCUT2D eigenvalue weighted by Gasteiger charge is 2.40. The Morgan fingerprint density at radius 1 is 0.696 bits per heavy atom. The van der Waals surface area contributed by atoms with Crippen LogP contribution < -0.4 is 0 Å². The van der Waals surface area contributed by atoms with E-state index in [0.717, 1.165) is 6.42 Å². The average Bonchev–Trinajstić information content (AvgIpc) is 2.82. The molecule has 2 atom stereocenters. The molecule has 0 saturated carbocycles. The predicted octanol–water partition coefficient (Wildman–Crippen LogP) is 5.59. The molecule has 1 saturated heterocycles. The van der Waals surface area contributed by atoms with E-state index in [9.17, 15) is 5.11 Å². The van der Waals surface area contributed by atoms with E-state index in [1.165, 1.54) is 77.0 Å². The molecule has 1 heterocycles. The highest BCUT2D eigenvalue weighted by molar-refractivity contribution is 4.80. The quantitative estimate of drug-likeness (QED) is 0.422. The van der Waals surface area contributed by atoms with Crippen LogP contribution in [0.25, 0.3) is 0 Å². The number of rotatable bonds is 14. The van der Waals surface area contributed by atoms with Crippen LogP contribution in [0.1, 0.15) is 104 Å². The summed E-state index contributed by atoms with van der Waals surface area (Å²) in [5.74, 6) is -0.533. The van der Waals surface area contributed by atoms with Crippen molar-refractivity contribution in [3.8, 4) is 0 Å². The first-order valence-corrected chi connectivity index (χ1v) is 10.1. The van der Waals surface area contributed by atoms with Crippen molar-refractivity contribution in [3.05, 3.63) is 0 Å². The maximum Gasteiger partial charge on any atom is 0.163 e. The molecule has 0 unspecified atom stereocenters. The lowest BCUT2D eigenvalue weighted by Crippen LogP contribution is -2.26. The summed E-state index contributed by atoms with van der Waals surface area (Å²) in [7, 11) is 0. The summed E-state index contributed by atoms with van der Waals surface area (Å²) in [6, 6.07) is 0. The van der Waals surface area contributed by atoms with Crippen LogP contribution >= 0.6 is 0 Å². The third-order valence-electron chi connectivity index (χ3n) is 4.81. The standard InChI is InChI=1S/C20H40O3/c1-4-5-6-7-8-9-10-11-12-13-14-15-16-18-19(17-21)23-20(2,3)22-18/h18-19,21H,4-17H2,1-3H3/t18-,19+/m1/s1. The van der Waals surface area contributed by atoms with E-state index in [0.29, 0.717) is 0 Å². The second-order valence-corrected chi connectivity index (χ2v) is 7.57. The second-order valence-electron chi connectivity index (χ2n) is 7.57. The van der Waals surface area contributed by atoms with E-state index in [4.69, 9.17) is 9.47 Å². The summed E-state index contributed by atoms with van der Waals surface area (Å²) < 4.78 is 11.6. The molecular formula is C20H40O3. The predicted molar refractivity (Wildman–Crippen MR) is 96.6 cm³/mol. The van der Waals surface area contributed by atoms with Crippen LogP contribution in [0.2, 0.25) is 0 Å². The fourth-order valence-electron chi connectivity index (χ4n) is 3.49. The smallest absolute Gasteiger partial charge is 0.163 e. The molecule has 1 fully saturated rings. The molecule has 0 bridgehead atoms. The van der Waals surface area contributed by atoms with Gasteiger partial charge in [-0.05, 0) is 20.3 Å². The van der Waals surface area contributed by atoms with Crippen molar-refractivity contribution in [3.63, 3.8) is 0 Å². The van der Waals surface area contributed by atoms with Crippen molar-refractivity contribution in [2.45, 2.75) is 122 Å². The number of unbranched alkanes of at least 4 members (excludes halogenated alkanes) is 11. The molecule has 0 amide bonds. The molecule has 0 aliphatic carbocycles. The van der Waals surface area contributed by atoms with Gasteiger partial charge in [-0.15, -0.1) is 0 Å². The van der Waals surface area contributed by atoms with Crippen molar-refractivity contribution in [2.75, 3.05) is 6.61 Å². The zero-order chi connectivity index (χ0) is 17.0. The van der Waals surface area contributed by atoms with E-state index in [-0.39, 0.29) is 18.8 Å².